The van der Waals surface area contributed by atoms with Gasteiger partial charge in [-0.05, 0) is 66.8 Å². The molecule has 2 unspecified atom stereocenters. The van der Waals surface area contributed by atoms with Gasteiger partial charge in [-0.25, -0.2) is 10.5 Å². The van der Waals surface area contributed by atoms with Crippen LogP contribution in [-0.2, 0) is 20.8 Å². The van der Waals surface area contributed by atoms with E-state index in [1.54, 1.807) is 17.6 Å². The molecule has 3 aromatic carbocycles. The summed E-state index contributed by atoms with van der Waals surface area (Å²) in [5.74, 6) is -1.29. The number of halogens is 2. The molecule has 0 radical (unpaired) electrons. The number of carboxylic acid groups (broad SMARTS) is 1. The van der Waals surface area contributed by atoms with E-state index in [9.17, 15) is 14.4 Å². The van der Waals surface area contributed by atoms with Gasteiger partial charge in [0.05, 0.1) is 27.1 Å². The van der Waals surface area contributed by atoms with Gasteiger partial charge in [-0.3, -0.25) is 19.6 Å². The van der Waals surface area contributed by atoms with Crippen molar-refractivity contribution in [2.24, 2.45) is 11.8 Å². The number of fused-ring (bicyclic) bond motifs is 1. The number of aromatic nitrogens is 2. The third-order valence-corrected chi connectivity index (χ3v) is 8.62. The molecule has 0 aliphatic rings. The number of unbranched alkanes of at least 4 members (excludes halogenated alkanes) is 2. The van der Waals surface area contributed by atoms with E-state index in [4.69, 9.17) is 33.5 Å². The van der Waals surface area contributed by atoms with Crippen LogP contribution in [0.25, 0.3) is 22.2 Å². The van der Waals surface area contributed by atoms with Crippen LogP contribution in [0.3, 0.4) is 0 Å². The molecule has 2 amide bonds. The van der Waals surface area contributed by atoms with Gasteiger partial charge in [0.2, 0.25) is 11.8 Å². The number of amides is 2. The molecule has 11 heteroatoms. The summed E-state index contributed by atoms with van der Waals surface area (Å²) in [6.07, 6.45) is 5.76. The zero-order chi connectivity index (χ0) is 35.1. The minimum atomic E-state index is -0.682. The van der Waals surface area contributed by atoms with Crippen LogP contribution in [0.15, 0.2) is 66.7 Å². The van der Waals surface area contributed by atoms with Crippen molar-refractivity contribution in [2.45, 2.75) is 84.6 Å². The maximum atomic E-state index is 13.5. The van der Waals surface area contributed by atoms with E-state index in [2.05, 4.69) is 72.5 Å². The number of nitrogens with one attached hydrogen (secondary N) is 3. The predicted molar refractivity (Wildman–Crippen MR) is 191 cm³/mol. The molecular formula is C37H46Cl2N4O5. The van der Waals surface area contributed by atoms with Crippen LogP contribution >= 0.6 is 23.2 Å². The lowest BCUT2D eigenvalue weighted by Gasteiger charge is -2.22. The third-order valence-electron chi connectivity index (χ3n) is 7.90. The number of carbonyl (C=O) groups excluding carboxylic acids is 2. The zero-order valence-electron chi connectivity index (χ0n) is 27.8. The summed E-state index contributed by atoms with van der Waals surface area (Å²) in [5, 5.41) is 21.2. The first-order chi connectivity index (χ1) is 23.0. The number of nitrogens with zero attached hydrogens (tertiary/aromatic N) is 1. The number of aromatic amines is 1. The monoisotopic (exact) mass is 696 g/mol. The summed E-state index contributed by atoms with van der Waals surface area (Å²) in [4.78, 5) is 43.3. The second kappa shape index (κ2) is 19.8. The first-order valence-electron chi connectivity index (χ1n) is 16.4. The largest absolute Gasteiger partial charge is 0.481 e. The molecule has 0 bridgehead atoms. The summed E-state index contributed by atoms with van der Waals surface area (Å²) in [6, 6.07) is 21.6. The summed E-state index contributed by atoms with van der Waals surface area (Å²) >= 11 is 12.3. The number of hydroxylamine groups is 1. The fourth-order valence-corrected chi connectivity index (χ4v) is 5.68. The van der Waals surface area contributed by atoms with Crippen LogP contribution in [-0.4, -0.2) is 38.1 Å². The van der Waals surface area contributed by atoms with E-state index in [0.29, 0.717) is 47.1 Å². The van der Waals surface area contributed by atoms with Crippen LogP contribution in [0.4, 0.5) is 0 Å². The highest BCUT2D eigenvalue weighted by atomic mass is 35.5. The molecule has 48 heavy (non-hydrogen) atoms. The third kappa shape index (κ3) is 12.6. The Kier molecular flexibility index (Phi) is 15.9. The lowest BCUT2D eigenvalue weighted by atomic mass is 9.94. The molecule has 0 aliphatic heterocycles. The van der Waals surface area contributed by atoms with E-state index >= 15 is 0 Å². The molecule has 2 atom stereocenters. The molecule has 0 saturated carbocycles. The number of carboxylic acids is 1. The summed E-state index contributed by atoms with van der Waals surface area (Å²) in [7, 11) is 0. The van der Waals surface area contributed by atoms with Crippen molar-refractivity contribution < 1.29 is 24.7 Å². The highest BCUT2D eigenvalue weighted by Crippen LogP contribution is 2.29. The van der Waals surface area contributed by atoms with Crippen molar-refractivity contribution >= 4 is 52.0 Å². The number of aryl methyl sites for hydroxylation is 1. The van der Waals surface area contributed by atoms with Crippen LogP contribution in [0.1, 0.15) is 89.6 Å². The molecule has 0 saturated heterocycles. The molecule has 1 heterocycles. The average Bonchev–Trinajstić information content (AvgIpc) is 3.47. The van der Waals surface area contributed by atoms with Crippen molar-refractivity contribution in [1.29, 1.82) is 0 Å². The Morgan fingerprint density at radius 3 is 2.21 bits per heavy atom. The van der Waals surface area contributed by atoms with Crippen molar-refractivity contribution in [1.82, 2.24) is 20.8 Å². The normalized spacial score (nSPS) is 12.2. The SMILES string of the molecule is CC(C)CC(NC(=O)C(CCCc1ccc(-c2ccccc2)cc1)CC(=O)NO)c1nc2cc(Cl)c(Cl)cc2[nH]1.CCCCCC(=O)O. The fourth-order valence-electron chi connectivity index (χ4n) is 5.36. The van der Waals surface area contributed by atoms with Gasteiger partial charge in [-0.2, -0.15) is 0 Å². The van der Waals surface area contributed by atoms with Crippen LogP contribution in [0.2, 0.25) is 10.0 Å². The Bertz CT molecular complexity index is 1570. The van der Waals surface area contributed by atoms with E-state index in [-0.39, 0.29) is 18.2 Å². The maximum absolute atomic E-state index is 13.5. The molecule has 4 rings (SSSR count). The number of benzene rings is 3. The minimum Gasteiger partial charge on any atom is -0.481 e. The van der Waals surface area contributed by atoms with Gasteiger partial charge in [0, 0.05) is 18.8 Å². The highest BCUT2D eigenvalue weighted by molar-refractivity contribution is 6.42. The number of H-pyrrole nitrogens is 1. The standard InChI is InChI=1S/C31H34Cl2N4O3.C6H12O2/c1-19(2)15-28(30-34-26-17-24(32)25(33)18-27(26)35-30)36-31(39)23(16-29(38)37-40)10-6-7-20-11-13-22(14-12-20)21-8-4-3-5-9-21;1-2-3-4-5-6(7)8/h3-5,8-9,11-14,17-19,23,28,40H,6-7,10,15-16H2,1-2H3,(H,34,35)(H,36,39)(H,37,38);2-5H2,1H3,(H,7,8). The van der Waals surface area contributed by atoms with Gasteiger partial charge in [0.1, 0.15) is 5.82 Å². The predicted octanol–water partition coefficient (Wildman–Crippen LogP) is 8.93. The Hall–Kier alpha value is -3.92. The van der Waals surface area contributed by atoms with Gasteiger partial charge >= 0.3 is 5.97 Å². The lowest BCUT2D eigenvalue weighted by Crippen LogP contribution is -2.37. The zero-order valence-corrected chi connectivity index (χ0v) is 29.3. The summed E-state index contributed by atoms with van der Waals surface area (Å²) in [5.41, 5.74) is 6.50. The maximum Gasteiger partial charge on any atom is 0.303 e. The van der Waals surface area contributed by atoms with Gasteiger partial charge in [-0.15, -0.1) is 0 Å². The van der Waals surface area contributed by atoms with Gasteiger partial charge in [0.25, 0.3) is 0 Å². The van der Waals surface area contributed by atoms with Crippen molar-refractivity contribution in [3.05, 3.63) is 88.2 Å². The molecule has 258 valence electrons. The number of hydrogen-bond donors (Lipinski definition) is 5. The van der Waals surface area contributed by atoms with E-state index < -0.39 is 23.8 Å². The number of aliphatic carboxylic acids is 1. The average molecular weight is 698 g/mol. The molecule has 0 aliphatic carbocycles. The molecule has 1 aromatic heterocycles. The van der Waals surface area contributed by atoms with Gasteiger partial charge in [0.15, 0.2) is 0 Å². The first kappa shape index (κ1) is 38.5. The first-order valence-corrected chi connectivity index (χ1v) is 17.2. The Balaban J connectivity index is 0.000000694. The summed E-state index contributed by atoms with van der Waals surface area (Å²) < 4.78 is 0. The van der Waals surface area contributed by atoms with Gasteiger partial charge in [-0.1, -0.05) is 111 Å². The topological polar surface area (TPSA) is 144 Å². The van der Waals surface area contributed by atoms with E-state index in [0.717, 1.165) is 47.9 Å². The summed E-state index contributed by atoms with van der Waals surface area (Å²) in [6.45, 7) is 6.19. The highest BCUT2D eigenvalue weighted by Gasteiger charge is 2.27. The van der Waals surface area contributed by atoms with Gasteiger partial charge < -0.3 is 15.4 Å². The Labute approximate surface area is 292 Å². The fraction of sp³-hybridized carbons (Fsp3) is 0.405. The second-order valence-corrected chi connectivity index (χ2v) is 13.2. The van der Waals surface area contributed by atoms with Crippen LogP contribution < -0.4 is 10.8 Å². The van der Waals surface area contributed by atoms with Crippen molar-refractivity contribution in [2.75, 3.05) is 0 Å². The molecule has 0 fully saturated rings. The van der Waals surface area contributed by atoms with Crippen molar-refractivity contribution in [3.8, 4) is 11.1 Å². The second-order valence-electron chi connectivity index (χ2n) is 12.3. The number of rotatable bonds is 16. The molecule has 4 aromatic rings. The lowest BCUT2D eigenvalue weighted by molar-refractivity contribution is -0.137. The number of imidazole rings is 1. The molecule has 0 spiro atoms. The molecule has 5 N–H and O–H groups in total. The number of hydrogen-bond acceptors (Lipinski definition) is 5. The molecule has 9 nitrogen and oxygen atoms in total. The van der Waals surface area contributed by atoms with Crippen LogP contribution in [0.5, 0.6) is 0 Å². The molecular weight excluding hydrogens is 651 g/mol. The van der Waals surface area contributed by atoms with Crippen molar-refractivity contribution in [3.63, 3.8) is 0 Å². The van der Waals surface area contributed by atoms with Crippen LogP contribution in [0, 0.1) is 11.8 Å². The minimum absolute atomic E-state index is 0.116. The quantitative estimate of drug-likeness (QED) is 0.0449. The van der Waals surface area contributed by atoms with E-state index in [1.165, 1.54) is 0 Å². The number of carbonyl (C=O) groups is 3. The smallest absolute Gasteiger partial charge is 0.303 e. The Morgan fingerprint density at radius 2 is 1.58 bits per heavy atom. The van der Waals surface area contributed by atoms with E-state index in [1.807, 2.05) is 18.2 Å². The Morgan fingerprint density at radius 1 is 0.917 bits per heavy atom.